The molecule has 1 fully saturated rings. The number of para-hydroxylation sites is 1. The van der Waals surface area contributed by atoms with E-state index < -0.39 is 0 Å². The fourth-order valence-corrected chi connectivity index (χ4v) is 3.37. The summed E-state index contributed by atoms with van der Waals surface area (Å²) in [6.45, 7) is 2.19. The lowest BCUT2D eigenvalue weighted by atomic mass is 10.0. The van der Waals surface area contributed by atoms with Gasteiger partial charge in [-0.05, 0) is 24.1 Å². The number of hydrogen-bond acceptors (Lipinski definition) is 4. The van der Waals surface area contributed by atoms with Gasteiger partial charge >= 0.3 is 0 Å². The van der Waals surface area contributed by atoms with E-state index in [1.54, 1.807) is 17.0 Å². The number of hydrogen-bond donors (Lipinski definition) is 2. The quantitative estimate of drug-likeness (QED) is 0.819. The maximum absolute atomic E-state index is 13.0. The summed E-state index contributed by atoms with van der Waals surface area (Å²) in [5.41, 5.74) is 8.08. The highest BCUT2D eigenvalue weighted by Crippen LogP contribution is 2.25. The van der Waals surface area contributed by atoms with Crippen LogP contribution in [0.15, 0.2) is 54.6 Å². The van der Waals surface area contributed by atoms with Gasteiger partial charge in [0.15, 0.2) is 0 Å². The molecular weight excluding hydrogens is 314 g/mol. The highest BCUT2D eigenvalue weighted by molar-refractivity contribution is 5.99. The van der Waals surface area contributed by atoms with Crippen LogP contribution in [0.3, 0.4) is 0 Å². The lowest BCUT2D eigenvalue weighted by Crippen LogP contribution is -2.39. The number of nitrogens with two attached hydrogens (primary N) is 1. The van der Waals surface area contributed by atoms with Crippen LogP contribution >= 0.6 is 0 Å². The van der Waals surface area contributed by atoms with E-state index in [1.807, 2.05) is 49.5 Å². The maximum atomic E-state index is 13.0. The SMILES string of the molecule is CN(C(=O)c1ccccc1N)C(CN1CCC(O)C1)c1ccccc1. The van der Waals surface area contributed by atoms with Crippen molar-refractivity contribution in [1.29, 1.82) is 0 Å². The van der Waals surface area contributed by atoms with Crippen molar-refractivity contribution < 1.29 is 9.90 Å². The molecule has 0 saturated carbocycles. The molecule has 1 aliphatic rings. The Hall–Kier alpha value is -2.37. The number of aliphatic hydroxyl groups excluding tert-OH is 1. The Balaban J connectivity index is 1.85. The Labute approximate surface area is 148 Å². The number of anilines is 1. The number of carbonyl (C=O) groups is 1. The highest BCUT2D eigenvalue weighted by atomic mass is 16.3. The second-order valence-electron chi connectivity index (χ2n) is 6.63. The maximum Gasteiger partial charge on any atom is 0.256 e. The normalized spacial score (nSPS) is 18.9. The first kappa shape index (κ1) is 17.5. The molecular formula is C20H25N3O2. The van der Waals surface area contributed by atoms with E-state index in [-0.39, 0.29) is 18.1 Å². The van der Waals surface area contributed by atoms with E-state index in [1.165, 1.54) is 0 Å². The zero-order valence-corrected chi connectivity index (χ0v) is 14.5. The van der Waals surface area contributed by atoms with Crippen LogP contribution in [0, 0.1) is 0 Å². The van der Waals surface area contributed by atoms with Crippen LogP contribution in [0.1, 0.15) is 28.4 Å². The van der Waals surface area contributed by atoms with Crippen LogP contribution in [0.2, 0.25) is 0 Å². The van der Waals surface area contributed by atoms with Gasteiger partial charge in [-0.15, -0.1) is 0 Å². The van der Waals surface area contributed by atoms with E-state index in [0.717, 1.165) is 18.5 Å². The molecule has 5 nitrogen and oxygen atoms in total. The smallest absolute Gasteiger partial charge is 0.256 e. The van der Waals surface area contributed by atoms with Gasteiger partial charge in [-0.1, -0.05) is 42.5 Å². The summed E-state index contributed by atoms with van der Waals surface area (Å²) < 4.78 is 0. The van der Waals surface area contributed by atoms with Gasteiger partial charge in [-0.25, -0.2) is 0 Å². The van der Waals surface area contributed by atoms with Crippen molar-refractivity contribution in [3.05, 3.63) is 65.7 Å². The Morgan fingerprint density at radius 1 is 1.24 bits per heavy atom. The first-order valence-electron chi connectivity index (χ1n) is 8.63. The van der Waals surface area contributed by atoms with Crippen LogP contribution < -0.4 is 5.73 Å². The monoisotopic (exact) mass is 339 g/mol. The molecule has 2 unspecified atom stereocenters. The standard InChI is InChI=1S/C20H25N3O2/c1-22(20(25)17-9-5-6-10-18(17)21)19(15-7-3-2-4-8-15)14-23-12-11-16(24)13-23/h2-10,16,19,24H,11-14,21H2,1H3. The second kappa shape index (κ2) is 7.68. The van der Waals surface area contributed by atoms with Crippen molar-refractivity contribution in [2.75, 3.05) is 32.4 Å². The molecule has 0 aromatic heterocycles. The molecule has 3 N–H and O–H groups in total. The third kappa shape index (κ3) is 4.00. The number of likely N-dealkylation sites (N-methyl/N-ethyl adjacent to an activating group) is 1. The number of nitrogens with zero attached hydrogens (tertiary/aromatic N) is 2. The van der Waals surface area contributed by atoms with E-state index in [4.69, 9.17) is 5.73 Å². The summed E-state index contributed by atoms with van der Waals surface area (Å²) in [6, 6.07) is 17.1. The number of amides is 1. The van der Waals surface area contributed by atoms with Crippen molar-refractivity contribution >= 4 is 11.6 Å². The van der Waals surface area contributed by atoms with Gasteiger partial charge < -0.3 is 15.7 Å². The molecule has 1 heterocycles. The molecule has 2 aromatic carbocycles. The predicted molar refractivity (Wildman–Crippen MR) is 99.2 cm³/mol. The van der Waals surface area contributed by atoms with Crippen molar-refractivity contribution in [1.82, 2.24) is 9.80 Å². The van der Waals surface area contributed by atoms with Crippen LogP contribution in [0.4, 0.5) is 5.69 Å². The average molecular weight is 339 g/mol. The number of aliphatic hydroxyl groups is 1. The summed E-state index contributed by atoms with van der Waals surface area (Å²) in [6.07, 6.45) is 0.507. The third-order valence-electron chi connectivity index (χ3n) is 4.84. The molecule has 1 saturated heterocycles. The molecule has 25 heavy (non-hydrogen) atoms. The molecule has 1 aliphatic heterocycles. The van der Waals surface area contributed by atoms with Crippen molar-refractivity contribution in [3.8, 4) is 0 Å². The molecule has 132 valence electrons. The minimum Gasteiger partial charge on any atom is -0.398 e. The Morgan fingerprint density at radius 3 is 2.56 bits per heavy atom. The van der Waals surface area contributed by atoms with E-state index in [0.29, 0.717) is 24.3 Å². The van der Waals surface area contributed by atoms with Gasteiger partial charge in [-0.2, -0.15) is 0 Å². The van der Waals surface area contributed by atoms with Crippen LogP contribution in [-0.4, -0.2) is 53.6 Å². The minimum atomic E-state index is -0.276. The number of benzene rings is 2. The lowest BCUT2D eigenvalue weighted by Gasteiger charge is -2.32. The van der Waals surface area contributed by atoms with Crippen molar-refractivity contribution in [3.63, 3.8) is 0 Å². The fourth-order valence-electron chi connectivity index (χ4n) is 3.37. The van der Waals surface area contributed by atoms with Gasteiger partial charge in [-0.3, -0.25) is 9.69 Å². The minimum absolute atomic E-state index is 0.0910. The summed E-state index contributed by atoms with van der Waals surface area (Å²) in [7, 11) is 1.82. The number of likely N-dealkylation sites (tertiary alicyclic amines) is 1. The Kier molecular flexibility index (Phi) is 5.36. The van der Waals surface area contributed by atoms with E-state index in [9.17, 15) is 9.90 Å². The summed E-state index contributed by atoms with van der Waals surface area (Å²) in [5.74, 6) is -0.0910. The zero-order valence-electron chi connectivity index (χ0n) is 14.5. The topological polar surface area (TPSA) is 69.8 Å². The fraction of sp³-hybridized carbons (Fsp3) is 0.350. The van der Waals surface area contributed by atoms with Crippen molar-refractivity contribution in [2.45, 2.75) is 18.6 Å². The molecule has 2 atom stereocenters. The van der Waals surface area contributed by atoms with Crippen LogP contribution in [0.5, 0.6) is 0 Å². The molecule has 0 radical (unpaired) electrons. The molecule has 0 bridgehead atoms. The summed E-state index contributed by atoms with van der Waals surface area (Å²) >= 11 is 0. The Morgan fingerprint density at radius 2 is 1.92 bits per heavy atom. The van der Waals surface area contributed by atoms with Gasteiger partial charge in [0.2, 0.25) is 0 Å². The largest absolute Gasteiger partial charge is 0.398 e. The Bertz CT molecular complexity index is 720. The van der Waals surface area contributed by atoms with Crippen molar-refractivity contribution in [2.24, 2.45) is 0 Å². The van der Waals surface area contributed by atoms with Gasteiger partial charge in [0.1, 0.15) is 0 Å². The molecule has 0 aliphatic carbocycles. The van der Waals surface area contributed by atoms with E-state index >= 15 is 0 Å². The molecule has 1 amide bonds. The molecule has 5 heteroatoms. The number of nitrogen functional groups attached to an aromatic ring is 1. The first-order valence-corrected chi connectivity index (χ1v) is 8.63. The van der Waals surface area contributed by atoms with E-state index in [2.05, 4.69) is 4.90 Å². The lowest BCUT2D eigenvalue weighted by molar-refractivity contribution is 0.0691. The number of rotatable bonds is 5. The van der Waals surface area contributed by atoms with Crippen LogP contribution in [-0.2, 0) is 0 Å². The molecule has 2 aromatic rings. The molecule has 3 rings (SSSR count). The third-order valence-corrected chi connectivity index (χ3v) is 4.84. The molecule has 0 spiro atoms. The van der Waals surface area contributed by atoms with Gasteiger partial charge in [0.05, 0.1) is 17.7 Å². The highest BCUT2D eigenvalue weighted by Gasteiger charge is 2.28. The summed E-state index contributed by atoms with van der Waals surface area (Å²) in [5, 5.41) is 9.81. The number of carbonyl (C=O) groups excluding carboxylic acids is 1. The van der Waals surface area contributed by atoms with Gasteiger partial charge in [0.25, 0.3) is 5.91 Å². The average Bonchev–Trinajstić information content (AvgIpc) is 3.05. The second-order valence-corrected chi connectivity index (χ2v) is 6.63. The summed E-state index contributed by atoms with van der Waals surface area (Å²) in [4.78, 5) is 17.0. The first-order chi connectivity index (χ1) is 12.1. The predicted octanol–water partition coefficient (Wildman–Crippen LogP) is 2.15. The van der Waals surface area contributed by atoms with Gasteiger partial charge in [0, 0.05) is 32.4 Å². The number of β-amino-alcohol motifs (C(OH)–C–C–N with tert-alkyl or cyclic N) is 1. The van der Waals surface area contributed by atoms with Crippen LogP contribution in [0.25, 0.3) is 0 Å². The zero-order chi connectivity index (χ0) is 17.8.